The molecule has 1 amide bonds. The summed E-state index contributed by atoms with van der Waals surface area (Å²) in [7, 11) is 0. The average molecular weight is 403 g/mol. The summed E-state index contributed by atoms with van der Waals surface area (Å²) in [5.74, 6) is 0.689. The molecular formula is C18H24F3N3O4. The highest BCUT2D eigenvalue weighted by molar-refractivity contribution is 5.69. The molecule has 4 fully saturated rings. The Bertz CT molecular complexity index is 759. The van der Waals surface area contributed by atoms with Gasteiger partial charge in [0, 0.05) is 11.5 Å². The third kappa shape index (κ3) is 3.70. The minimum absolute atomic E-state index is 0.198. The van der Waals surface area contributed by atoms with Crippen LogP contribution in [0, 0.1) is 0 Å². The molecule has 4 aliphatic rings. The maximum Gasteiger partial charge on any atom is 0.522 e. The molecule has 0 atom stereocenters. The highest BCUT2D eigenvalue weighted by atomic mass is 19.4. The summed E-state index contributed by atoms with van der Waals surface area (Å²) < 4.78 is 51.8. The number of aromatic nitrogens is 2. The number of hydrogen-bond donors (Lipinski definition) is 1. The van der Waals surface area contributed by atoms with Crippen LogP contribution in [0.3, 0.4) is 0 Å². The van der Waals surface area contributed by atoms with E-state index in [0.717, 1.165) is 12.8 Å². The summed E-state index contributed by atoms with van der Waals surface area (Å²) in [5.41, 5.74) is -1.12. The Morgan fingerprint density at radius 3 is 2.46 bits per heavy atom. The average Bonchev–Trinajstić information content (AvgIpc) is 3.11. The summed E-state index contributed by atoms with van der Waals surface area (Å²) >= 11 is 0. The molecule has 7 nitrogen and oxygen atoms in total. The lowest BCUT2D eigenvalue weighted by Crippen LogP contribution is -2.58. The summed E-state index contributed by atoms with van der Waals surface area (Å²) in [6.07, 6.45) is -2.44. The van der Waals surface area contributed by atoms with Crippen molar-refractivity contribution in [1.82, 2.24) is 15.5 Å². The first-order chi connectivity index (χ1) is 12.9. The quantitative estimate of drug-likeness (QED) is 0.820. The minimum atomic E-state index is -4.62. The van der Waals surface area contributed by atoms with Gasteiger partial charge in [-0.25, -0.2) is 4.79 Å². The third-order valence-electron chi connectivity index (χ3n) is 5.84. The maximum absolute atomic E-state index is 12.2. The number of carbonyl (C=O) groups excluding carboxylic acids is 1. The smallest absolute Gasteiger partial charge is 0.444 e. The van der Waals surface area contributed by atoms with Crippen LogP contribution in [0.4, 0.5) is 18.0 Å². The van der Waals surface area contributed by atoms with Crippen molar-refractivity contribution in [3.8, 4) is 0 Å². The Hall–Kier alpha value is -1.84. The number of halogens is 3. The number of fused-ring (bicyclic) bond motifs is 1. The van der Waals surface area contributed by atoms with Crippen LogP contribution in [0.25, 0.3) is 0 Å². The zero-order chi connectivity index (χ0) is 20.4. The lowest BCUT2D eigenvalue weighted by atomic mass is 9.65. The van der Waals surface area contributed by atoms with E-state index in [4.69, 9.17) is 9.15 Å². The van der Waals surface area contributed by atoms with Gasteiger partial charge >= 0.3 is 12.5 Å². The first-order valence-electron chi connectivity index (χ1n) is 9.47. The molecule has 4 saturated carbocycles. The molecule has 156 valence electrons. The SMILES string of the molecule is CC(C)(C)OC(=O)NC12CCC(c3nnc(C4CC(OC(F)(F)F)C4)o3)(C1)C2. The maximum atomic E-state index is 12.2. The van der Waals surface area contributed by atoms with Gasteiger partial charge in [-0.1, -0.05) is 0 Å². The van der Waals surface area contributed by atoms with Crippen molar-refractivity contribution >= 4 is 6.09 Å². The van der Waals surface area contributed by atoms with Crippen LogP contribution in [-0.2, 0) is 14.9 Å². The molecule has 4 aliphatic carbocycles. The number of ether oxygens (including phenoxy) is 2. The first-order valence-corrected chi connectivity index (χ1v) is 9.47. The zero-order valence-corrected chi connectivity index (χ0v) is 16.1. The molecule has 0 spiro atoms. The number of nitrogens with one attached hydrogen (secondary N) is 1. The molecule has 1 N–H and O–H groups in total. The molecule has 0 aromatic carbocycles. The molecule has 1 aromatic rings. The summed E-state index contributed by atoms with van der Waals surface area (Å²) in [4.78, 5) is 12.1. The van der Waals surface area contributed by atoms with Crippen molar-refractivity contribution in [2.75, 3.05) is 0 Å². The van der Waals surface area contributed by atoms with Gasteiger partial charge in [0.05, 0.1) is 11.5 Å². The predicted octanol–water partition coefficient (Wildman–Crippen LogP) is 3.94. The van der Waals surface area contributed by atoms with Crippen molar-refractivity contribution in [3.63, 3.8) is 0 Å². The van der Waals surface area contributed by atoms with Crippen molar-refractivity contribution in [3.05, 3.63) is 11.8 Å². The zero-order valence-electron chi connectivity index (χ0n) is 16.1. The molecule has 2 bridgehead atoms. The van der Waals surface area contributed by atoms with E-state index in [-0.39, 0.29) is 29.7 Å². The van der Waals surface area contributed by atoms with E-state index in [1.807, 2.05) is 20.8 Å². The lowest BCUT2D eigenvalue weighted by molar-refractivity contribution is -0.352. The number of amides is 1. The topological polar surface area (TPSA) is 86.5 Å². The third-order valence-corrected chi connectivity index (χ3v) is 5.84. The first kappa shape index (κ1) is 19.5. The molecule has 0 aliphatic heterocycles. The van der Waals surface area contributed by atoms with Gasteiger partial charge in [0.15, 0.2) is 0 Å². The molecular weight excluding hydrogens is 379 g/mol. The van der Waals surface area contributed by atoms with Crippen molar-refractivity contribution in [2.45, 2.75) is 94.2 Å². The Morgan fingerprint density at radius 2 is 1.86 bits per heavy atom. The van der Waals surface area contributed by atoms with Crippen molar-refractivity contribution in [1.29, 1.82) is 0 Å². The molecule has 5 rings (SSSR count). The Labute approximate surface area is 160 Å². The second-order valence-electron chi connectivity index (χ2n) is 9.34. The fourth-order valence-electron chi connectivity index (χ4n) is 4.67. The molecule has 10 heteroatoms. The molecule has 0 radical (unpaired) electrons. The van der Waals surface area contributed by atoms with Gasteiger partial charge in [0.1, 0.15) is 5.60 Å². The van der Waals surface area contributed by atoms with Gasteiger partial charge in [-0.3, -0.25) is 4.74 Å². The highest BCUT2D eigenvalue weighted by Crippen LogP contribution is 2.62. The van der Waals surface area contributed by atoms with Crippen LogP contribution in [0.15, 0.2) is 4.42 Å². The lowest BCUT2D eigenvalue weighted by Gasteiger charge is -2.45. The van der Waals surface area contributed by atoms with Gasteiger partial charge in [0.25, 0.3) is 0 Å². The van der Waals surface area contributed by atoms with E-state index in [1.54, 1.807) is 0 Å². The number of alkyl halides is 3. The summed E-state index contributed by atoms with van der Waals surface area (Å²) in [6, 6.07) is 0. The number of rotatable bonds is 4. The predicted molar refractivity (Wildman–Crippen MR) is 89.4 cm³/mol. The van der Waals surface area contributed by atoms with Gasteiger partial charge in [-0.15, -0.1) is 23.4 Å². The van der Waals surface area contributed by atoms with E-state index in [0.29, 0.717) is 24.6 Å². The standard InChI is InChI=1S/C18H24F3N3O4/c1-15(2,3)28-14(25)22-17-5-4-16(8-17,9-17)13-24-23-12(26-13)10-6-11(7-10)27-18(19,20)21/h10-11H,4-9H2,1-3H3,(H,22,25). The van der Waals surface area contributed by atoms with E-state index >= 15 is 0 Å². The van der Waals surface area contributed by atoms with Crippen LogP contribution in [0.1, 0.15) is 77.0 Å². The van der Waals surface area contributed by atoms with E-state index < -0.39 is 24.2 Å². The highest BCUT2D eigenvalue weighted by Gasteiger charge is 2.65. The molecule has 1 aromatic heterocycles. The van der Waals surface area contributed by atoms with E-state index in [2.05, 4.69) is 20.3 Å². The molecule has 28 heavy (non-hydrogen) atoms. The van der Waals surface area contributed by atoms with Gasteiger partial charge in [0.2, 0.25) is 11.8 Å². The normalized spacial score (nSPS) is 34.5. The Balaban J connectivity index is 1.32. The molecule has 0 unspecified atom stereocenters. The van der Waals surface area contributed by atoms with Crippen LogP contribution >= 0.6 is 0 Å². The summed E-state index contributed by atoms with van der Waals surface area (Å²) in [5, 5.41) is 11.2. The number of hydrogen-bond acceptors (Lipinski definition) is 6. The molecule has 0 saturated heterocycles. The van der Waals surface area contributed by atoms with E-state index in [1.165, 1.54) is 0 Å². The van der Waals surface area contributed by atoms with Crippen LogP contribution in [0.2, 0.25) is 0 Å². The van der Waals surface area contributed by atoms with Gasteiger partial charge < -0.3 is 14.5 Å². The minimum Gasteiger partial charge on any atom is -0.444 e. The molecule has 1 heterocycles. The number of nitrogens with zero attached hydrogens (tertiary/aromatic N) is 2. The Kier molecular flexibility index (Phi) is 4.23. The monoisotopic (exact) mass is 403 g/mol. The number of carbonyl (C=O) groups is 1. The van der Waals surface area contributed by atoms with Gasteiger partial charge in [-0.05, 0) is 59.3 Å². The van der Waals surface area contributed by atoms with Gasteiger partial charge in [-0.2, -0.15) is 0 Å². The van der Waals surface area contributed by atoms with Crippen molar-refractivity contribution in [2.24, 2.45) is 0 Å². The Morgan fingerprint density at radius 1 is 1.18 bits per heavy atom. The van der Waals surface area contributed by atoms with Crippen molar-refractivity contribution < 1.29 is 31.9 Å². The number of alkyl carbamates (subject to hydrolysis) is 1. The second-order valence-corrected chi connectivity index (χ2v) is 9.34. The van der Waals surface area contributed by atoms with E-state index in [9.17, 15) is 18.0 Å². The fraction of sp³-hybridized carbons (Fsp3) is 0.833. The second kappa shape index (κ2) is 6.08. The summed E-state index contributed by atoms with van der Waals surface area (Å²) in [6.45, 7) is 5.44. The van der Waals surface area contributed by atoms with Crippen LogP contribution < -0.4 is 5.32 Å². The van der Waals surface area contributed by atoms with Crippen LogP contribution in [0.5, 0.6) is 0 Å². The van der Waals surface area contributed by atoms with Crippen LogP contribution in [-0.4, -0.2) is 39.9 Å². The fourth-order valence-corrected chi connectivity index (χ4v) is 4.67. The largest absolute Gasteiger partial charge is 0.522 e.